The lowest BCUT2D eigenvalue weighted by molar-refractivity contribution is 0.0693. The molecule has 0 bridgehead atoms. The van der Waals surface area contributed by atoms with Crippen LogP contribution in [0.15, 0.2) is 0 Å². The highest BCUT2D eigenvalue weighted by molar-refractivity contribution is 4.60. The van der Waals surface area contributed by atoms with Crippen LogP contribution in [0.3, 0.4) is 0 Å². The summed E-state index contributed by atoms with van der Waals surface area (Å²) >= 11 is 0. The monoisotopic (exact) mass is 172 g/mol. The Kier molecular flexibility index (Phi) is 7.58. The fourth-order valence-electron chi connectivity index (χ4n) is 1.36. The molecule has 0 aliphatic rings. The van der Waals surface area contributed by atoms with E-state index in [1.165, 1.54) is 32.1 Å². The number of methoxy groups -OCH3 is 1. The second-order valence-electron chi connectivity index (χ2n) is 3.77. The smallest absolute Gasteiger partial charge is 0.0568 e. The first-order valence-corrected chi connectivity index (χ1v) is 5.25. The van der Waals surface area contributed by atoms with Crippen molar-refractivity contribution < 1.29 is 4.74 Å². The highest BCUT2D eigenvalue weighted by atomic mass is 16.5. The standard InChI is InChI=1S/C11H24O/c1-5-6-7-8-9-10(2)11(3)12-4/h10-11H,5-9H2,1-4H3. The van der Waals surface area contributed by atoms with Crippen molar-refractivity contribution in [2.24, 2.45) is 5.92 Å². The van der Waals surface area contributed by atoms with Gasteiger partial charge < -0.3 is 4.74 Å². The number of hydrogen-bond donors (Lipinski definition) is 0. The molecule has 1 nitrogen and oxygen atoms in total. The van der Waals surface area contributed by atoms with Crippen molar-refractivity contribution in [3.8, 4) is 0 Å². The third-order valence-electron chi connectivity index (χ3n) is 2.69. The lowest BCUT2D eigenvalue weighted by Gasteiger charge is -2.17. The van der Waals surface area contributed by atoms with E-state index in [4.69, 9.17) is 4.74 Å². The molecule has 0 radical (unpaired) electrons. The maximum Gasteiger partial charge on any atom is 0.0568 e. The lowest BCUT2D eigenvalue weighted by Crippen LogP contribution is -2.15. The zero-order valence-corrected chi connectivity index (χ0v) is 9.10. The minimum atomic E-state index is 0.423. The first kappa shape index (κ1) is 12.0. The van der Waals surface area contributed by atoms with Crippen LogP contribution in [0.2, 0.25) is 0 Å². The number of unbranched alkanes of at least 4 members (excludes halogenated alkanes) is 3. The molecule has 0 rings (SSSR count). The topological polar surface area (TPSA) is 9.23 Å². The quantitative estimate of drug-likeness (QED) is 0.533. The summed E-state index contributed by atoms with van der Waals surface area (Å²) in [5, 5.41) is 0. The van der Waals surface area contributed by atoms with E-state index in [1.807, 2.05) is 0 Å². The van der Waals surface area contributed by atoms with Gasteiger partial charge in [0.1, 0.15) is 0 Å². The summed E-state index contributed by atoms with van der Waals surface area (Å²) in [5.41, 5.74) is 0. The molecule has 74 valence electrons. The SMILES string of the molecule is CCCCCCC(C)C(C)OC. The van der Waals surface area contributed by atoms with E-state index in [1.54, 1.807) is 7.11 Å². The first-order chi connectivity index (χ1) is 5.72. The molecule has 0 aliphatic heterocycles. The van der Waals surface area contributed by atoms with Crippen LogP contribution >= 0.6 is 0 Å². The highest BCUT2D eigenvalue weighted by Gasteiger charge is 2.09. The van der Waals surface area contributed by atoms with E-state index >= 15 is 0 Å². The fourth-order valence-corrected chi connectivity index (χ4v) is 1.36. The Labute approximate surface area is 77.5 Å². The van der Waals surface area contributed by atoms with Gasteiger partial charge in [-0.15, -0.1) is 0 Å². The van der Waals surface area contributed by atoms with Crippen molar-refractivity contribution in [2.75, 3.05) is 7.11 Å². The van der Waals surface area contributed by atoms with Gasteiger partial charge in [0.05, 0.1) is 6.10 Å². The Bertz CT molecular complexity index is 91.0. The predicted octanol–water partition coefficient (Wildman–Crippen LogP) is 3.63. The van der Waals surface area contributed by atoms with Crippen LogP contribution in [0, 0.1) is 5.92 Å². The highest BCUT2D eigenvalue weighted by Crippen LogP contribution is 2.15. The van der Waals surface area contributed by atoms with Crippen LogP contribution in [0.4, 0.5) is 0 Å². The van der Waals surface area contributed by atoms with E-state index < -0.39 is 0 Å². The Morgan fingerprint density at radius 3 is 2.25 bits per heavy atom. The molecule has 1 heteroatoms. The van der Waals surface area contributed by atoms with Crippen LogP contribution in [-0.4, -0.2) is 13.2 Å². The van der Waals surface area contributed by atoms with Gasteiger partial charge in [0.25, 0.3) is 0 Å². The van der Waals surface area contributed by atoms with Crippen molar-refractivity contribution in [1.82, 2.24) is 0 Å². The Balaban J connectivity index is 3.24. The Hall–Kier alpha value is -0.0400. The second kappa shape index (κ2) is 7.60. The summed E-state index contributed by atoms with van der Waals surface area (Å²) in [6, 6.07) is 0. The van der Waals surface area contributed by atoms with E-state index in [9.17, 15) is 0 Å². The molecular weight excluding hydrogens is 148 g/mol. The molecule has 0 N–H and O–H groups in total. The van der Waals surface area contributed by atoms with Crippen LogP contribution in [0.25, 0.3) is 0 Å². The summed E-state index contributed by atoms with van der Waals surface area (Å²) in [6.07, 6.45) is 7.20. The summed E-state index contributed by atoms with van der Waals surface area (Å²) in [7, 11) is 1.80. The summed E-state index contributed by atoms with van der Waals surface area (Å²) < 4.78 is 5.27. The third-order valence-corrected chi connectivity index (χ3v) is 2.69. The van der Waals surface area contributed by atoms with E-state index in [0.29, 0.717) is 12.0 Å². The molecule has 0 aliphatic carbocycles. The van der Waals surface area contributed by atoms with Crippen molar-refractivity contribution >= 4 is 0 Å². The molecular formula is C11H24O. The average Bonchev–Trinajstić information content (AvgIpc) is 2.10. The van der Waals surface area contributed by atoms with E-state index in [-0.39, 0.29) is 0 Å². The van der Waals surface area contributed by atoms with Gasteiger partial charge in [0.2, 0.25) is 0 Å². The van der Waals surface area contributed by atoms with Crippen LogP contribution in [0.1, 0.15) is 52.9 Å². The van der Waals surface area contributed by atoms with Gasteiger partial charge in [0, 0.05) is 7.11 Å². The molecule has 0 spiro atoms. The van der Waals surface area contributed by atoms with Crippen molar-refractivity contribution in [2.45, 2.75) is 59.0 Å². The molecule has 0 aromatic carbocycles. The molecule has 2 unspecified atom stereocenters. The molecule has 0 aromatic heterocycles. The zero-order valence-electron chi connectivity index (χ0n) is 9.10. The van der Waals surface area contributed by atoms with Gasteiger partial charge in [-0.25, -0.2) is 0 Å². The second-order valence-corrected chi connectivity index (χ2v) is 3.77. The maximum absolute atomic E-state index is 5.27. The first-order valence-electron chi connectivity index (χ1n) is 5.25. The summed E-state index contributed by atoms with van der Waals surface area (Å²) in [5.74, 6) is 0.715. The fraction of sp³-hybridized carbons (Fsp3) is 1.00. The number of hydrogen-bond acceptors (Lipinski definition) is 1. The third kappa shape index (κ3) is 5.59. The number of rotatable bonds is 7. The molecule has 2 atom stereocenters. The van der Waals surface area contributed by atoms with Gasteiger partial charge in [-0.1, -0.05) is 39.5 Å². The van der Waals surface area contributed by atoms with Crippen LogP contribution in [-0.2, 0) is 4.74 Å². The molecule has 0 saturated heterocycles. The molecule has 0 saturated carbocycles. The minimum absolute atomic E-state index is 0.423. The normalized spacial score (nSPS) is 16.0. The molecule has 12 heavy (non-hydrogen) atoms. The van der Waals surface area contributed by atoms with Crippen molar-refractivity contribution in [1.29, 1.82) is 0 Å². The lowest BCUT2D eigenvalue weighted by atomic mass is 9.98. The van der Waals surface area contributed by atoms with Crippen LogP contribution < -0.4 is 0 Å². The maximum atomic E-state index is 5.27. The van der Waals surface area contributed by atoms with E-state index in [2.05, 4.69) is 20.8 Å². The van der Waals surface area contributed by atoms with Crippen LogP contribution in [0.5, 0.6) is 0 Å². The minimum Gasteiger partial charge on any atom is -0.381 e. The largest absolute Gasteiger partial charge is 0.381 e. The molecule has 0 fully saturated rings. The summed E-state index contributed by atoms with van der Waals surface area (Å²) in [4.78, 5) is 0. The van der Waals surface area contributed by atoms with Gasteiger partial charge >= 0.3 is 0 Å². The Morgan fingerprint density at radius 1 is 1.08 bits per heavy atom. The molecule has 0 amide bonds. The summed E-state index contributed by atoms with van der Waals surface area (Å²) in [6.45, 7) is 6.69. The predicted molar refractivity (Wildman–Crippen MR) is 54.4 cm³/mol. The number of ether oxygens (including phenoxy) is 1. The Morgan fingerprint density at radius 2 is 1.75 bits per heavy atom. The average molecular weight is 172 g/mol. The van der Waals surface area contributed by atoms with Gasteiger partial charge in [-0.05, 0) is 19.3 Å². The van der Waals surface area contributed by atoms with Gasteiger partial charge in [0.15, 0.2) is 0 Å². The van der Waals surface area contributed by atoms with Gasteiger partial charge in [-0.3, -0.25) is 0 Å². The molecule has 0 aromatic rings. The van der Waals surface area contributed by atoms with Crippen molar-refractivity contribution in [3.63, 3.8) is 0 Å². The van der Waals surface area contributed by atoms with Crippen molar-refractivity contribution in [3.05, 3.63) is 0 Å². The van der Waals surface area contributed by atoms with Gasteiger partial charge in [-0.2, -0.15) is 0 Å². The molecule has 0 heterocycles. The van der Waals surface area contributed by atoms with E-state index in [0.717, 1.165) is 0 Å². The zero-order chi connectivity index (χ0) is 9.40.